The molecule has 0 fully saturated rings. The molecule has 4 aromatic carbocycles. The van der Waals surface area contributed by atoms with Crippen LogP contribution in [0.25, 0.3) is 32.7 Å². The van der Waals surface area contributed by atoms with Crippen LogP contribution in [0.2, 0.25) is 0 Å². The maximum atomic E-state index is 12.5. The Kier molecular flexibility index (Phi) is 4.21. The molecule has 0 radical (unpaired) electrons. The molecule has 0 atom stereocenters. The van der Waals surface area contributed by atoms with E-state index in [-0.39, 0.29) is 4.90 Å². The van der Waals surface area contributed by atoms with Gasteiger partial charge in [0.25, 0.3) is 0 Å². The summed E-state index contributed by atoms with van der Waals surface area (Å²) in [5.74, 6) is 0.637. The van der Waals surface area contributed by atoms with Crippen molar-refractivity contribution in [3.8, 4) is 16.9 Å². The van der Waals surface area contributed by atoms with Crippen molar-refractivity contribution in [1.82, 2.24) is 0 Å². The summed E-state index contributed by atoms with van der Waals surface area (Å²) in [6.45, 7) is 0. The highest BCUT2D eigenvalue weighted by Crippen LogP contribution is 2.44. The average Bonchev–Trinajstić information content (AvgIpc) is 2.65. The molecular formula is C21H15BrO3S. The SMILES string of the molecule is COc1ccc2ccccc2c1-c1c(S(=O)(=O)Br)ccc2ccccc12. The fraction of sp³-hybridized carbons (Fsp3) is 0.0476. The van der Waals surface area contributed by atoms with E-state index in [9.17, 15) is 8.42 Å². The summed E-state index contributed by atoms with van der Waals surface area (Å²) in [6, 6.07) is 23.0. The Morgan fingerprint density at radius 1 is 0.731 bits per heavy atom. The second-order valence-corrected chi connectivity index (χ2v) is 9.83. The second kappa shape index (κ2) is 6.41. The number of fused-ring (bicyclic) bond motifs is 2. The highest BCUT2D eigenvalue weighted by molar-refractivity contribution is 9.47. The second-order valence-electron chi connectivity index (χ2n) is 5.96. The van der Waals surface area contributed by atoms with E-state index in [1.165, 1.54) is 0 Å². The van der Waals surface area contributed by atoms with Crippen LogP contribution in [-0.4, -0.2) is 15.5 Å². The number of hydrogen-bond donors (Lipinski definition) is 0. The third-order valence-corrected chi connectivity index (χ3v) is 6.43. The molecular weight excluding hydrogens is 412 g/mol. The Morgan fingerprint density at radius 2 is 1.27 bits per heavy atom. The van der Waals surface area contributed by atoms with Crippen LogP contribution in [0.4, 0.5) is 0 Å². The quantitative estimate of drug-likeness (QED) is 0.391. The average molecular weight is 427 g/mol. The lowest BCUT2D eigenvalue weighted by molar-refractivity contribution is 0.417. The molecule has 0 aromatic heterocycles. The van der Waals surface area contributed by atoms with Crippen molar-refractivity contribution >= 4 is 44.6 Å². The predicted octanol–water partition coefficient (Wildman–Crippen LogP) is 5.75. The van der Waals surface area contributed by atoms with Crippen LogP contribution in [0, 0.1) is 0 Å². The lowest BCUT2D eigenvalue weighted by Crippen LogP contribution is -1.98. The van der Waals surface area contributed by atoms with Crippen molar-refractivity contribution in [3.63, 3.8) is 0 Å². The van der Waals surface area contributed by atoms with Gasteiger partial charge >= 0.3 is 0 Å². The topological polar surface area (TPSA) is 43.4 Å². The molecule has 0 saturated heterocycles. The molecule has 5 heteroatoms. The fourth-order valence-electron chi connectivity index (χ4n) is 3.39. The molecule has 4 aromatic rings. The maximum absolute atomic E-state index is 12.5. The van der Waals surface area contributed by atoms with Crippen molar-refractivity contribution in [3.05, 3.63) is 72.8 Å². The van der Waals surface area contributed by atoms with Gasteiger partial charge in [-0.15, -0.1) is 0 Å². The van der Waals surface area contributed by atoms with Crippen molar-refractivity contribution in [2.75, 3.05) is 7.11 Å². The van der Waals surface area contributed by atoms with Gasteiger partial charge in [-0.2, -0.15) is 0 Å². The lowest BCUT2D eigenvalue weighted by Gasteiger charge is -2.17. The van der Waals surface area contributed by atoms with E-state index in [1.807, 2.05) is 66.7 Å². The Bertz CT molecular complexity index is 1250. The number of ether oxygens (including phenoxy) is 1. The molecule has 0 bridgehead atoms. The Labute approximate surface area is 159 Å². The summed E-state index contributed by atoms with van der Waals surface area (Å²) in [5.41, 5.74) is 1.43. The molecule has 0 aliphatic rings. The Hall–Kier alpha value is -2.37. The van der Waals surface area contributed by atoms with Gasteiger partial charge in [-0.1, -0.05) is 60.7 Å². The van der Waals surface area contributed by atoms with Crippen LogP contribution in [0.15, 0.2) is 77.7 Å². The van der Waals surface area contributed by atoms with E-state index in [2.05, 4.69) is 14.8 Å². The predicted molar refractivity (Wildman–Crippen MR) is 110 cm³/mol. The first kappa shape index (κ1) is 17.1. The summed E-state index contributed by atoms with van der Waals surface area (Å²) in [7, 11) is -2.01. The number of halogens is 1. The summed E-state index contributed by atoms with van der Waals surface area (Å²) in [4.78, 5) is 0.228. The van der Waals surface area contributed by atoms with Gasteiger partial charge in [0.15, 0.2) is 0 Å². The smallest absolute Gasteiger partial charge is 0.238 e. The normalized spacial score (nSPS) is 11.8. The minimum absolute atomic E-state index is 0.228. The van der Waals surface area contributed by atoms with Gasteiger partial charge in [0, 0.05) is 11.1 Å². The Morgan fingerprint density at radius 3 is 1.85 bits per heavy atom. The molecule has 26 heavy (non-hydrogen) atoms. The van der Waals surface area contributed by atoms with Crippen LogP contribution in [0.3, 0.4) is 0 Å². The van der Waals surface area contributed by atoms with E-state index in [4.69, 9.17) is 4.74 Å². The first-order valence-electron chi connectivity index (χ1n) is 8.03. The minimum Gasteiger partial charge on any atom is -0.496 e. The fourth-order valence-corrected chi connectivity index (χ4v) is 4.89. The lowest BCUT2D eigenvalue weighted by atomic mass is 9.93. The third kappa shape index (κ3) is 2.77. The number of methoxy groups -OCH3 is 1. The number of rotatable bonds is 3. The monoisotopic (exact) mass is 426 g/mol. The standard InChI is InChI=1S/C21H15BrO3S/c1-25-18-12-10-14-6-2-4-8-16(14)20(18)21-17-9-5-3-7-15(17)11-13-19(21)26(22,23)24/h2-13H,1H3. The highest BCUT2D eigenvalue weighted by Gasteiger charge is 2.23. The van der Waals surface area contributed by atoms with Gasteiger partial charge < -0.3 is 4.74 Å². The first-order valence-corrected chi connectivity index (χ1v) is 11.4. The largest absolute Gasteiger partial charge is 0.496 e. The molecule has 0 aliphatic carbocycles. The maximum Gasteiger partial charge on any atom is 0.238 e. The zero-order valence-corrected chi connectivity index (χ0v) is 16.3. The first-order chi connectivity index (χ1) is 12.5. The van der Waals surface area contributed by atoms with E-state index >= 15 is 0 Å². The van der Waals surface area contributed by atoms with Crippen molar-refractivity contribution in [1.29, 1.82) is 0 Å². The van der Waals surface area contributed by atoms with Crippen LogP contribution in [-0.2, 0) is 8.27 Å². The zero-order valence-electron chi connectivity index (χ0n) is 13.9. The van der Waals surface area contributed by atoms with Gasteiger partial charge in [0.1, 0.15) is 5.75 Å². The molecule has 0 spiro atoms. The highest BCUT2D eigenvalue weighted by atomic mass is 79.9. The number of hydrogen-bond acceptors (Lipinski definition) is 3. The van der Waals surface area contributed by atoms with Crippen LogP contribution >= 0.6 is 14.8 Å². The van der Waals surface area contributed by atoms with Gasteiger partial charge in [0.2, 0.25) is 8.27 Å². The van der Waals surface area contributed by atoms with Gasteiger partial charge in [0.05, 0.1) is 26.8 Å². The van der Waals surface area contributed by atoms with E-state index < -0.39 is 8.27 Å². The molecule has 130 valence electrons. The van der Waals surface area contributed by atoms with Crippen LogP contribution < -0.4 is 4.74 Å². The van der Waals surface area contributed by atoms with Gasteiger partial charge in [-0.3, -0.25) is 0 Å². The molecule has 0 heterocycles. The van der Waals surface area contributed by atoms with Crippen molar-refractivity contribution in [2.24, 2.45) is 0 Å². The molecule has 0 aliphatic heterocycles. The molecule has 3 nitrogen and oxygen atoms in total. The Balaban J connectivity index is 2.28. The molecule has 0 saturated carbocycles. The van der Waals surface area contributed by atoms with E-state index in [0.29, 0.717) is 11.3 Å². The van der Waals surface area contributed by atoms with Crippen LogP contribution in [0.1, 0.15) is 0 Å². The van der Waals surface area contributed by atoms with Gasteiger partial charge in [-0.05, 0) is 33.7 Å². The van der Waals surface area contributed by atoms with Crippen molar-refractivity contribution in [2.45, 2.75) is 4.90 Å². The summed E-state index contributed by atoms with van der Waals surface area (Å²) in [5, 5.41) is 3.80. The zero-order chi connectivity index (χ0) is 18.3. The summed E-state index contributed by atoms with van der Waals surface area (Å²) < 4.78 is 30.6. The van der Waals surface area contributed by atoms with E-state index in [0.717, 1.165) is 27.1 Å². The third-order valence-electron chi connectivity index (χ3n) is 4.51. The van der Waals surface area contributed by atoms with Crippen LogP contribution in [0.5, 0.6) is 5.75 Å². The van der Waals surface area contributed by atoms with E-state index in [1.54, 1.807) is 13.2 Å². The minimum atomic E-state index is -3.61. The summed E-state index contributed by atoms with van der Waals surface area (Å²) >= 11 is 2.86. The molecule has 0 N–H and O–H groups in total. The molecule has 4 rings (SSSR count). The van der Waals surface area contributed by atoms with Gasteiger partial charge in [-0.25, -0.2) is 8.42 Å². The molecule has 0 unspecified atom stereocenters. The van der Waals surface area contributed by atoms with Crippen molar-refractivity contribution < 1.29 is 13.2 Å². The number of benzene rings is 4. The summed E-state index contributed by atoms with van der Waals surface area (Å²) in [6.07, 6.45) is 0. The molecule has 0 amide bonds.